The first-order chi connectivity index (χ1) is 27.3. The maximum atomic E-state index is 8.94. The Morgan fingerprint density at radius 3 is 1.02 bits per heavy atom. The van der Waals surface area contributed by atoms with Crippen LogP contribution < -0.4 is 0 Å². The van der Waals surface area contributed by atoms with Gasteiger partial charge in [0.15, 0.2) is 0 Å². The molecule has 8 N–H and O–H groups in total. The second-order valence-electron chi connectivity index (χ2n) is 22.8. The van der Waals surface area contributed by atoms with E-state index in [9.17, 15) is 0 Å². The van der Waals surface area contributed by atoms with Crippen LogP contribution in [0.4, 0.5) is 0 Å². The van der Waals surface area contributed by atoms with Gasteiger partial charge in [0.25, 0.3) is 0 Å². The van der Waals surface area contributed by atoms with Crippen molar-refractivity contribution >= 4 is 0 Å². The summed E-state index contributed by atoms with van der Waals surface area (Å²) in [5.74, 6) is 2.01. The predicted molar refractivity (Wildman–Crippen MR) is 254 cm³/mol. The van der Waals surface area contributed by atoms with E-state index in [1.165, 1.54) is 32.1 Å². The monoisotopic (exact) mass is 889 g/mol. The number of hydrogen-bond acceptors (Lipinski definition) is 12. The number of aliphatic hydroxyl groups excluding tert-OH is 8. The lowest BCUT2D eigenvalue weighted by atomic mass is 9.89. The van der Waals surface area contributed by atoms with Gasteiger partial charge in [-0.2, -0.15) is 0 Å². The molecule has 2 saturated carbocycles. The van der Waals surface area contributed by atoms with Crippen LogP contribution in [0.25, 0.3) is 0 Å². The highest BCUT2D eigenvalue weighted by atomic mass is 16.5. The van der Waals surface area contributed by atoms with E-state index < -0.39 is 18.3 Å². The molecule has 0 aromatic rings. The highest BCUT2D eigenvalue weighted by Crippen LogP contribution is 2.39. The second-order valence-corrected chi connectivity index (χ2v) is 22.8. The lowest BCUT2D eigenvalue weighted by Crippen LogP contribution is -2.31. The molecular formula is C49H108O12. The summed E-state index contributed by atoms with van der Waals surface area (Å²) >= 11 is 0. The van der Waals surface area contributed by atoms with E-state index in [0.29, 0.717) is 31.0 Å². The van der Waals surface area contributed by atoms with Gasteiger partial charge in [-0.1, -0.05) is 75.2 Å². The van der Waals surface area contributed by atoms with Gasteiger partial charge in [-0.05, 0) is 143 Å². The molecule has 2 aliphatic carbocycles. The molecule has 0 aromatic carbocycles. The first-order valence-corrected chi connectivity index (χ1v) is 23.0. The summed E-state index contributed by atoms with van der Waals surface area (Å²) in [5.41, 5.74) is 0.190. The first kappa shape index (κ1) is 69.6. The van der Waals surface area contributed by atoms with Crippen LogP contribution in [0.5, 0.6) is 0 Å². The second kappa shape index (κ2) is 36.7. The van der Waals surface area contributed by atoms with Crippen LogP contribution in [0, 0.1) is 28.1 Å². The van der Waals surface area contributed by atoms with Crippen molar-refractivity contribution in [2.45, 2.75) is 244 Å². The summed E-state index contributed by atoms with van der Waals surface area (Å²) in [4.78, 5) is 0. The third-order valence-electron chi connectivity index (χ3n) is 7.60. The summed E-state index contributed by atoms with van der Waals surface area (Å²) < 4.78 is 20.9. The van der Waals surface area contributed by atoms with Gasteiger partial charge in [0.05, 0.1) is 87.5 Å². The third-order valence-corrected chi connectivity index (χ3v) is 7.60. The molecule has 2 fully saturated rings. The average Bonchev–Trinajstić information content (AvgIpc) is 4.01. The van der Waals surface area contributed by atoms with Gasteiger partial charge in [0.1, 0.15) is 6.10 Å². The Labute approximate surface area is 377 Å². The Morgan fingerprint density at radius 2 is 0.852 bits per heavy atom. The van der Waals surface area contributed by atoms with Crippen LogP contribution in [0.1, 0.15) is 190 Å². The van der Waals surface area contributed by atoms with Gasteiger partial charge >= 0.3 is 0 Å². The molecule has 4 atom stereocenters. The molecule has 0 heterocycles. The zero-order valence-corrected chi connectivity index (χ0v) is 43.8. The van der Waals surface area contributed by atoms with E-state index in [1.807, 2.05) is 104 Å². The zero-order valence-electron chi connectivity index (χ0n) is 43.8. The van der Waals surface area contributed by atoms with Crippen molar-refractivity contribution in [3.05, 3.63) is 0 Å². The Bertz CT molecular complexity index is 876. The smallest absolute Gasteiger partial charge is 0.100 e. The van der Waals surface area contributed by atoms with Crippen molar-refractivity contribution in [3.8, 4) is 0 Å². The molecule has 376 valence electrons. The van der Waals surface area contributed by atoms with Crippen LogP contribution in [0.2, 0.25) is 0 Å². The molecule has 12 nitrogen and oxygen atoms in total. The van der Waals surface area contributed by atoms with E-state index in [0.717, 1.165) is 18.4 Å². The van der Waals surface area contributed by atoms with Crippen LogP contribution in [-0.2, 0) is 18.9 Å². The normalized spacial score (nSPS) is 16.3. The van der Waals surface area contributed by atoms with E-state index in [1.54, 1.807) is 6.92 Å². The number of rotatable bonds is 17. The van der Waals surface area contributed by atoms with Crippen LogP contribution in [0.15, 0.2) is 0 Å². The topological polar surface area (TPSA) is 199 Å². The minimum absolute atomic E-state index is 0.0746. The maximum Gasteiger partial charge on any atom is 0.100 e. The Kier molecular flexibility index (Phi) is 41.9. The minimum atomic E-state index is -0.751. The molecule has 0 spiro atoms. The molecule has 0 radical (unpaired) electrons. The van der Waals surface area contributed by atoms with E-state index in [2.05, 4.69) is 34.6 Å². The van der Waals surface area contributed by atoms with Gasteiger partial charge in [0, 0.05) is 6.61 Å². The van der Waals surface area contributed by atoms with E-state index in [4.69, 9.17) is 59.8 Å². The van der Waals surface area contributed by atoms with Crippen molar-refractivity contribution in [3.63, 3.8) is 0 Å². The molecule has 2 aliphatic rings. The maximum absolute atomic E-state index is 8.94. The highest BCUT2D eigenvalue weighted by molar-refractivity contribution is 4.78. The molecular weight excluding hydrogens is 781 g/mol. The summed E-state index contributed by atoms with van der Waals surface area (Å²) in [5, 5.41) is 69.4. The quantitative estimate of drug-likeness (QED) is 0.0696. The molecule has 0 saturated heterocycles. The van der Waals surface area contributed by atoms with Crippen LogP contribution >= 0.6 is 0 Å². The van der Waals surface area contributed by atoms with Crippen molar-refractivity contribution in [2.24, 2.45) is 28.1 Å². The van der Waals surface area contributed by atoms with Crippen LogP contribution in [0.3, 0.4) is 0 Å². The van der Waals surface area contributed by atoms with Gasteiger partial charge in [-0.25, -0.2) is 0 Å². The van der Waals surface area contributed by atoms with Crippen molar-refractivity contribution in [2.75, 3.05) is 46.2 Å². The molecule has 0 amide bonds. The van der Waals surface area contributed by atoms with Gasteiger partial charge in [-0.3, -0.25) is 0 Å². The third kappa shape index (κ3) is 77.2. The molecule has 12 heteroatoms. The zero-order chi connectivity index (χ0) is 49.4. The average molecular weight is 889 g/mol. The van der Waals surface area contributed by atoms with Crippen molar-refractivity contribution in [1.82, 2.24) is 0 Å². The van der Waals surface area contributed by atoms with Crippen molar-refractivity contribution in [1.29, 1.82) is 0 Å². The van der Waals surface area contributed by atoms with Crippen LogP contribution in [-0.4, -0.2) is 141 Å². The minimum Gasteiger partial charge on any atom is -0.394 e. The van der Waals surface area contributed by atoms with E-state index in [-0.39, 0.29) is 73.4 Å². The summed E-state index contributed by atoms with van der Waals surface area (Å²) in [6, 6.07) is 0. The fraction of sp³-hybridized carbons (Fsp3) is 1.00. The first-order valence-electron chi connectivity index (χ1n) is 23.0. The fourth-order valence-corrected chi connectivity index (χ4v) is 4.75. The Hall–Kier alpha value is -0.480. The number of ether oxygens (including phenoxy) is 4. The lowest BCUT2D eigenvalue weighted by molar-refractivity contribution is -0.0842. The summed E-state index contributed by atoms with van der Waals surface area (Å²) in [6.07, 6.45) is 7.19. The standard InChI is InChI=1S/C8H16.C7H16O3.3C7H16O2.C7H14O.C6H14O2/c1-8(2,3)6-7-4-5-7;1-7(2,3)10-5-6(9)4-8;2*1-7(2,3)4-6(9)5-8;1-6(2)9-7(3,4)5-8;1-6(2)8-5-7-3-4-7;1-5(2)8-4-6(3)7/h7H,4-6H2,1-3H3;6,8-9H,4-5H2,1-3H3;2*6,8-9H,4-5H2,1-3H3;6,8H,5H2,1-4H3;6-7H,3-5H2,1-2H3;5-7H,4H2,1-3H3/t;2*6-;;;;6-/m.10...0/s1. The van der Waals surface area contributed by atoms with Gasteiger partial charge < -0.3 is 59.8 Å². The molecule has 0 aliphatic heterocycles. The highest BCUT2D eigenvalue weighted by Gasteiger charge is 2.26. The predicted octanol–water partition coefficient (Wildman–Crippen LogP) is 8.33. The molecule has 61 heavy (non-hydrogen) atoms. The molecule has 2 rings (SSSR count). The number of hydrogen-bond donors (Lipinski definition) is 8. The summed E-state index contributed by atoms with van der Waals surface area (Å²) in [6.45, 7) is 43.5. The summed E-state index contributed by atoms with van der Waals surface area (Å²) in [7, 11) is 0. The van der Waals surface area contributed by atoms with E-state index >= 15 is 0 Å². The Balaban J connectivity index is -0.000000200. The lowest BCUT2D eigenvalue weighted by Gasteiger charge is -2.24. The molecule has 1 unspecified atom stereocenters. The molecule has 0 bridgehead atoms. The number of aliphatic hydroxyl groups is 8. The largest absolute Gasteiger partial charge is 0.394 e. The fourth-order valence-electron chi connectivity index (χ4n) is 4.75. The Morgan fingerprint density at radius 1 is 0.475 bits per heavy atom. The SMILES string of the molecule is CC(C)(C)CC(O)CO.CC(C)(C)CC1CC1.CC(C)(C)C[C@H](O)CO.CC(C)(C)OC[C@H](O)CO.CC(C)OC(C)(C)CO.CC(C)OCC1CC1.CC(C)OC[C@H](C)O. The van der Waals surface area contributed by atoms with Gasteiger partial charge in [-0.15, -0.1) is 0 Å². The molecule has 0 aromatic heterocycles. The van der Waals surface area contributed by atoms with Crippen molar-refractivity contribution < 1.29 is 59.8 Å². The van der Waals surface area contributed by atoms with Gasteiger partial charge in [0.2, 0.25) is 0 Å².